The molecule has 3 aromatic heterocycles. The van der Waals surface area contributed by atoms with Crippen molar-refractivity contribution in [1.82, 2.24) is 28.7 Å². The monoisotopic (exact) mass is 450 g/mol. The Labute approximate surface area is 189 Å². The van der Waals surface area contributed by atoms with E-state index in [0.717, 1.165) is 19.2 Å². The van der Waals surface area contributed by atoms with E-state index in [4.69, 9.17) is 4.98 Å². The summed E-state index contributed by atoms with van der Waals surface area (Å²) in [6.07, 6.45) is 3.64. The third-order valence-electron chi connectivity index (χ3n) is 6.10. The molecule has 7 nitrogen and oxygen atoms in total. The zero-order chi connectivity index (χ0) is 23.1. The first kappa shape index (κ1) is 21.3. The van der Waals surface area contributed by atoms with E-state index >= 15 is 0 Å². The third-order valence-corrected chi connectivity index (χ3v) is 6.10. The predicted molar refractivity (Wildman–Crippen MR) is 120 cm³/mol. The van der Waals surface area contributed by atoms with E-state index in [-0.39, 0.29) is 12.5 Å². The number of amides is 1. The first-order chi connectivity index (χ1) is 15.9. The summed E-state index contributed by atoms with van der Waals surface area (Å²) >= 11 is 0. The van der Waals surface area contributed by atoms with Crippen molar-refractivity contribution >= 4 is 11.4 Å². The van der Waals surface area contributed by atoms with Crippen LogP contribution < -0.4 is 0 Å². The van der Waals surface area contributed by atoms with Crippen molar-refractivity contribution in [3.8, 4) is 11.5 Å². The van der Waals surface area contributed by atoms with Gasteiger partial charge in [0, 0.05) is 50.2 Å². The second kappa shape index (κ2) is 8.40. The number of pyridine rings is 1. The zero-order valence-electron chi connectivity index (χ0n) is 18.5. The van der Waals surface area contributed by atoms with Gasteiger partial charge in [-0.15, -0.1) is 0 Å². The maximum absolute atomic E-state index is 14.2. The molecule has 9 heteroatoms. The number of carbonyl (C=O) groups is 1. The summed E-state index contributed by atoms with van der Waals surface area (Å²) < 4.78 is 31.1. The molecule has 1 amide bonds. The van der Waals surface area contributed by atoms with E-state index in [0.29, 0.717) is 47.2 Å². The first-order valence-corrected chi connectivity index (χ1v) is 10.8. The van der Waals surface area contributed by atoms with Crippen LogP contribution >= 0.6 is 0 Å². The Morgan fingerprint density at radius 2 is 1.85 bits per heavy atom. The van der Waals surface area contributed by atoms with Crippen molar-refractivity contribution < 1.29 is 13.6 Å². The van der Waals surface area contributed by atoms with Crippen molar-refractivity contribution in [2.75, 3.05) is 33.2 Å². The number of aromatic nitrogens is 4. The van der Waals surface area contributed by atoms with Crippen LogP contribution in [0.25, 0.3) is 17.0 Å². The van der Waals surface area contributed by atoms with Crippen molar-refractivity contribution in [1.29, 1.82) is 0 Å². The fourth-order valence-electron chi connectivity index (χ4n) is 4.14. The van der Waals surface area contributed by atoms with Gasteiger partial charge in [-0.2, -0.15) is 0 Å². The zero-order valence-corrected chi connectivity index (χ0v) is 18.5. The Bertz CT molecular complexity index is 1340. The Morgan fingerprint density at radius 1 is 1.06 bits per heavy atom. The molecule has 0 spiro atoms. The Morgan fingerprint density at radius 3 is 2.61 bits per heavy atom. The van der Waals surface area contributed by atoms with Crippen molar-refractivity contribution in [2.24, 2.45) is 0 Å². The van der Waals surface area contributed by atoms with Crippen LogP contribution in [-0.4, -0.2) is 67.9 Å². The maximum Gasteiger partial charge on any atom is 0.274 e. The van der Waals surface area contributed by atoms with Crippen LogP contribution in [0.1, 0.15) is 21.9 Å². The first-order valence-electron chi connectivity index (χ1n) is 10.8. The molecule has 0 bridgehead atoms. The number of nitrogens with zero attached hydrogens (tertiary/aromatic N) is 6. The summed E-state index contributed by atoms with van der Waals surface area (Å²) in [5.41, 5.74) is 2.05. The molecule has 4 aromatic rings. The quantitative estimate of drug-likeness (QED) is 0.479. The van der Waals surface area contributed by atoms with E-state index in [1.54, 1.807) is 10.8 Å². The van der Waals surface area contributed by atoms with Gasteiger partial charge in [-0.3, -0.25) is 9.20 Å². The van der Waals surface area contributed by atoms with Gasteiger partial charge in [0.15, 0.2) is 11.5 Å². The highest BCUT2D eigenvalue weighted by molar-refractivity contribution is 6.00. The van der Waals surface area contributed by atoms with E-state index < -0.39 is 11.6 Å². The second-order valence-electron chi connectivity index (χ2n) is 8.37. The van der Waals surface area contributed by atoms with Gasteiger partial charge in [0.25, 0.3) is 5.91 Å². The number of fused-ring (bicyclic) bond motifs is 1. The highest BCUT2D eigenvalue weighted by atomic mass is 19.1. The standard InChI is InChI=1S/C24H24F2N6O/c1-16-27-20(15-31(16)14-17-6-7-18(25)13-19(17)26)23-28-22(21-5-3-4-8-32(21)23)24(33)30-11-9-29(2)10-12-30/h3-8,13,15H,9-12,14H2,1-2H3. The Hall–Kier alpha value is -3.59. The number of piperazine rings is 1. The van der Waals surface area contributed by atoms with Gasteiger partial charge in [-0.25, -0.2) is 18.7 Å². The number of halogens is 2. The molecule has 0 radical (unpaired) electrons. The highest BCUT2D eigenvalue weighted by Gasteiger charge is 2.26. The number of likely N-dealkylation sites (N-methyl/N-ethyl adjacent to an activating group) is 1. The lowest BCUT2D eigenvalue weighted by Crippen LogP contribution is -2.47. The summed E-state index contributed by atoms with van der Waals surface area (Å²) in [6, 6.07) is 9.17. The van der Waals surface area contributed by atoms with E-state index in [9.17, 15) is 13.6 Å². The van der Waals surface area contributed by atoms with Gasteiger partial charge >= 0.3 is 0 Å². The molecule has 1 aromatic carbocycles. The van der Waals surface area contributed by atoms with Crippen LogP contribution in [0.15, 0.2) is 48.8 Å². The molecule has 1 aliphatic rings. The number of aryl methyl sites for hydroxylation is 1. The summed E-state index contributed by atoms with van der Waals surface area (Å²) in [4.78, 5) is 26.6. The SMILES string of the molecule is Cc1nc(-c2nc(C(=O)N3CCN(C)CC3)c3ccccn23)cn1Cc1ccc(F)cc1F. The minimum Gasteiger partial charge on any atom is -0.335 e. The van der Waals surface area contributed by atoms with E-state index in [1.807, 2.05) is 47.7 Å². The summed E-state index contributed by atoms with van der Waals surface area (Å²) in [5.74, 6) is -0.0999. The van der Waals surface area contributed by atoms with Crippen LogP contribution in [-0.2, 0) is 6.54 Å². The molecule has 170 valence electrons. The fraction of sp³-hybridized carbons (Fsp3) is 0.292. The van der Waals surface area contributed by atoms with Gasteiger partial charge in [0.05, 0.1) is 12.1 Å². The third kappa shape index (κ3) is 4.00. The number of hydrogen-bond donors (Lipinski definition) is 0. The van der Waals surface area contributed by atoms with Gasteiger partial charge in [-0.05, 0) is 32.2 Å². The predicted octanol–water partition coefficient (Wildman–Crippen LogP) is 3.22. The number of imidazole rings is 2. The topological polar surface area (TPSA) is 58.7 Å². The van der Waals surface area contributed by atoms with Crippen molar-refractivity contribution in [3.63, 3.8) is 0 Å². The molecular formula is C24H24F2N6O. The number of hydrogen-bond acceptors (Lipinski definition) is 4. The molecule has 1 saturated heterocycles. The molecular weight excluding hydrogens is 426 g/mol. The highest BCUT2D eigenvalue weighted by Crippen LogP contribution is 2.24. The minimum absolute atomic E-state index is 0.0948. The van der Waals surface area contributed by atoms with Gasteiger partial charge in [0.1, 0.15) is 23.2 Å². The molecule has 0 N–H and O–H groups in total. The van der Waals surface area contributed by atoms with Gasteiger partial charge < -0.3 is 14.4 Å². The molecule has 0 saturated carbocycles. The molecule has 0 aliphatic carbocycles. The molecule has 0 unspecified atom stereocenters. The van der Waals surface area contributed by atoms with E-state index in [1.165, 1.54) is 12.1 Å². The van der Waals surface area contributed by atoms with Crippen LogP contribution in [0, 0.1) is 18.6 Å². The maximum atomic E-state index is 14.2. The fourth-order valence-corrected chi connectivity index (χ4v) is 4.14. The van der Waals surface area contributed by atoms with Crippen LogP contribution in [0.2, 0.25) is 0 Å². The smallest absolute Gasteiger partial charge is 0.274 e. The molecule has 1 fully saturated rings. The van der Waals surface area contributed by atoms with Crippen LogP contribution in [0.5, 0.6) is 0 Å². The molecule has 4 heterocycles. The lowest BCUT2D eigenvalue weighted by Gasteiger charge is -2.32. The van der Waals surface area contributed by atoms with Gasteiger partial charge in [-0.1, -0.05) is 12.1 Å². The molecule has 33 heavy (non-hydrogen) atoms. The summed E-state index contributed by atoms with van der Waals surface area (Å²) in [5, 5.41) is 0. The molecule has 5 rings (SSSR count). The Kier molecular flexibility index (Phi) is 5.41. The molecule has 0 atom stereocenters. The number of benzene rings is 1. The Balaban J connectivity index is 1.50. The number of rotatable bonds is 4. The largest absolute Gasteiger partial charge is 0.335 e. The van der Waals surface area contributed by atoms with Gasteiger partial charge in [0.2, 0.25) is 0 Å². The van der Waals surface area contributed by atoms with Crippen molar-refractivity contribution in [3.05, 3.63) is 77.5 Å². The number of carbonyl (C=O) groups excluding carboxylic acids is 1. The van der Waals surface area contributed by atoms with Crippen LogP contribution in [0.3, 0.4) is 0 Å². The average molecular weight is 450 g/mol. The van der Waals surface area contributed by atoms with Crippen molar-refractivity contribution in [2.45, 2.75) is 13.5 Å². The average Bonchev–Trinajstić information content (AvgIpc) is 3.36. The van der Waals surface area contributed by atoms with E-state index in [2.05, 4.69) is 9.88 Å². The minimum atomic E-state index is -0.610. The summed E-state index contributed by atoms with van der Waals surface area (Å²) in [6.45, 7) is 5.00. The summed E-state index contributed by atoms with van der Waals surface area (Å²) in [7, 11) is 2.04. The second-order valence-corrected chi connectivity index (χ2v) is 8.37. The lowest BCUT2D eigenvalue weighted by molar-refractivity contribution is 0.0661. The van der Waals surface area contributed by atoms with Crippen LogP contribution in [0.4, 0.5) is 8.78 Å². The normalized spacial score (nSPS) is 14.8. The lowest BCUT2D eigenvalue weighted by atomic mass is 10.2. The molecule has 1 aliphatic heterocycles.